The molecule has 0 heterocycles. The number of fused-ring (bicyclic) bond motifs is 1. The standard InChI is InChI=1S/C15H24N2/c1-4-5-6-10-11-7-8-15(2,3)14(11)13(17)9-12(10)16/h9H,4-8,16-17H2,1-3H3. The second-order valence-corrected chi connectivity index (χ2v) is 5.87. The van der Waals surface area contributed by atoms with Crippen LogP contribution < -0.4 is 11.5 Å². The number of hydrogen-bond donors (Lipinski definition) is 2. The highest BCUT2D eigenvalue weighted by Gasteiger charge is 2.33. The number of anilines is 2. The maximum absolute atomic E-state index is 6.17. The number of unbranched alkanes of at least 4 members (excludes halogenated alkanes) is 1. The van der Waals surface area contributed by atoms with Crippen LogP contribution in [-0.4, -0.2) is 0 Å². The van der Waals surface area contributed by atoms with E-state index in [2.05, 4.69) is 20.8 Å². The Morgan fingerprint density at radius 2 is 1.94 bits per heavy atom. The Kier molecular flexibility index (Phi) is 3.07. The lowest BCUT2D eigenvalue weighted by Gasteiger charge is -2.22. The minimum atomic E-state index is 0.216. The lowest BCUT2D eigenvalue weighted by atomic mass is 9.84. The lowest BCUT2D eigenvalue weighted by Crippen LogP contribution is -2.15. The van der Waals surface area contributed by atoms with Crippen molar-refractivity contribution in [1.29, 1.82) is 0 Å². The summed E-state index contributed by atoms with van der Waals surface area (Å²) < 4.78 is 0. The number of hydrogen-bond acceptors (Lipinski definition) is 2. The van der Waals surface area contributed by atoms with Gasteiger partial charge in [-0.1, -0.05) is 27.2 Å². The quantitative estimate of drug-likeness (QED) is 0.785. The molecule has 1 aliphatic carbocycles. The third-order valence-electron chi connectivity index (χ3n) is 4.07. The second kappa shape index (κ2) is 4.25. The summed E-state index contributed by atoms with van der Waals surface area (Å²) in [5.74, 6) is 0. The summed E-state index contributed by atoms with van der Waals surface area (Å²) in [6.45, 7) is 6.79. The molecule has 0 bridgehead atoms. The predicted octanol–water partition coefficient (Wildman–Crippen LogP) is 3.42. The summed E-state index contributed by atoms with van der Waals surface area (Å²) >= 11 is 0. The number of nitrogens with two attached hydrogens (primary N) is 2. The zero-order valence-electron chi connectivity index (χ0n) is 11.3. The molecule has 4 N–H and O–H groups in total. The van der Waals surface area contributed by atoms with E-state index in [4.69, 9.17) is 11.5 Å². The average Bonchev–Trinajstić information content (AvgIpc) is 2.55. The molecule has 0 unspecified atom stereocenters. The van der Waals surface area contributed by atoms with Crippen LogP contribution >= 0.6 is 0 Å². The van der Waals surface area contributed by atoms with Gasteiger partial charge in [-0.3, -0.25) is 0 Å². The minimum Gasteiger partial charge on any atom is -0.398 e. The molecule has 0 fully saturated rings. The Hall–Kier alpha value is -1.18. The first-order valence-corrected chi connectivity index (χ1v) is 6.67. The zero-order valence-corrected chi connectivity index (χ0v) is 11.3. The Labute approximate surface area is 104 Å². The number of rotatable bonds is 3. The van der Waals surface area contributed by atoms with Crippen molar-refractivity contribution in [3.63, 3.8) is 0 Å². The van der Waals surface area contributed by atoms with Crippen LogP contribution in [0.4, 0.5) is 11.4 Å². The molecular weight excluding hydrogens is 208 g/mol. The van der Waals surface area contributed by atoms with Gasteiger partial charge in [-0.25, -0.2) is 0 Å². The summed E-state index contributed by atoms with van der Waals surface area (Å²) in [4.78, 5) is 0. The van der Waals surface area contributed by atoms with Crippen molar-refractivity contribution >= 4 is 11.4 Å². The van der Waals surface area contributed by atoms with E-state index >= 15 is 0 Å². The minimum absolute atomic E-state index is 0.216. The van der Waals surface area contributed by atoms with E-state index in [1.165, 1.54) is 36.0 Å². The highest BCUT2D eigenvalue weighted by Crippen LogP contribution is 2.45. The van der Waals surface area contributed by atoms with E-state index < -0.39 is 0 Å². The van der Waals surface area contributed by atoms with Gasteiger partial charge in [-0.05, 0) is 53.9 Å². The molecule has 0 aromatic heterocycles. The van der Waals surface area contributed by atoms with Gasteiger partial charge in [-0.15, -0.1) is 0 Å². The van der Waals surface area contributed by atoms with Gasteiger partial charge >= 0.3 is 0 Å². The van der Waals surface area contributed by atoms with Gasteiger partial charge < -0.3 is 11.5 Å². The van der Waals surface area contributed by atoms with Crippen LogP contribution in [0.3, 0.4) is 0 Å². The average molecular weight is 232 g/mol. The van der Waals surface area contributed by atoms with E-state index in [0.29, 0.717) is 0 Å². The molecule has 17 heavy (non-hydrogen) atoms. The SMILES string of the molecule is CCCCc1c(N)cc(N)c2c1CCC2(C)C. The predicted molar refractivity (Wildman–Crippen MR) is 75.2 cm³/mol. The van der Waals surface area contributed by atoms with Crippen LogP contribution in [0.15, 0.2) is 6.07 Å². The molecule has 0 radical (unpaired) electrons. The molecule has 1 aliphatic rings. The molecular formula is C15H24N2. The number of nitrogen functional groups attached to an aromatic ring is 2. The van der Waals surface area contributed by atoms with Gasteiger partial charge in [0.2, 0.25) is 0 Å². The molecule has 0 spiro atoms. The fraction of sp³-hybridized carbons (Fsp3) is 0.600. The third-order valence-corrected chi connectivity index (χ3v) is 4.07. The Morgan fingerprint density at radius 1 is 1.24 bits per heavy atom. The fourth-order valence-electron chi connectivity index (χ4n) is 3.11. The highest BCUT2D eigenvalue weighted by molar-refractivity contribution is 5.69. The fourth-order valence-corrected chi connectivity index (χ4v) is 3.11. The maximum Gasteiger partial charge on any atom is 0.0375 e. The second-order valence-electron chi connectivity index (χ2n) is 5.87. The Balaban J connectivity index is 2.52. The summed E-state index contributed by atoms with van der Waals surface area (Å²) in [5, 5.41) is 0. The van der Waals surface area contributed by atoms with Crippen molar-refractivity contribution < 1.29 is 0 Å². The smallest absolute Gasteiger partial charge is 0.0375 e. The lowest BCUT2D eigenvalue weighted by molar-refractivity contribution is 0.524. The normalized spacial score (nSPS) is 17.1. The van der Waals surface area contributed by atoms with Crippen LogP contribution in [0.5, 0.6) is 0 Å². The van der Waals surface area contributed by atoms with Gasteiger partial charge in [0, 0.05) is 11.4 Å². The monoisotopic (exact) mass is 232 g/mol. The van der Waals surface area contributed by atoms with Crippen molar-refractivity contribution in [1.82, 2.24) is 0 Å². The third kappa shape index (κ3) is 2.01. The molecule has 2 heteroatoms. The van der Waals surface area contributed by atoms with Crippen LogP contribution in [0.2, 0.25) is 0 Å². The van der Waals surface area contributed by atoms with Crippen LogP contribution in [0.25, 0.3) is 0 Å². The summed E-state index contributed by atoms with van der Waals surface area (Å²) in [6.07, 6.45) is 5.84. The van der Waals surface area contributed by atoms with Crippen molar-refractivity contribution in [2.75, 3.05) is 11.5 Å². The molecule has 1 aromatic rings. The molecule has 1 aromatic carbocycles. The van der Waals surface area contributed by atoms with Crippen LogP contribution in [0.1, 0.15) is 56.7 Å². The first kappa shape index (κ1) is 12.3. The van der Waals surface area contributed by atoms with Crippen molar-refractivity contribution in [3.8, 4) is 0 Å². The molecule has 0 saturated heterocycles. The van der Waals surface area contributed by atoms with E-state index in [1.807, 2.05) is 6.07 Å². The van der Waals surface area contributed by atoms with E-state index in [-0.39, 0.29) is 5.41 Å². The van der Waals surface area contributed by atoms with E-state index in [9.17, 15) is 0 Å². The van der Waals surface area contributed by atoms with Gasteiger partial charge in [0.05, 0.1) is 0 Å². The molecule has 94 valence electrons. The topological polar surface area (TPSA) is 52.0 Å². The van der Waals surface area contributed by atoms with Gasteiger partial charge in [0.15, 0.2) is 0 Å². The Bertz CT molecular complexity index is 433. The maximum atomic E-state index is 6.17. The van der Waals surface area contributed by atoms with E-state index in [0.717, 1.165) is 24.2 Å². The Morgan fingerprint density at radius 3 is 2.59 bits per heavy atom. The zero-order chi connectivity index (χ0) is 12.6. The van der Waals surface area contributed by atoms with E-state index in [1.54, 1.807) is 0 Å². The number of benzene rings is 1. The molecule has 0 atom stereocenters. The summed E-state index contributed by atoms with van der Waals surface area (Å²) in [7, 11) is 0. The molecule has 0 aliphatic heterocycles. The molecule has 2 nitrogen and oxygen atoms in total. The van der Waals surface area contributed by atoms with Gasteiger partial charge in [0.25, 0.3) is 0 Å². The van der Waals surface area contributed by atoms with Crippen LogP contribution in [-0.2, 0) is 18.3 Å². The first-order chi connectivity index (χ1) is 7.97. The summed E-state index contributed by atoms with van der Waals surface area (Å²) in [5.41, 5.74) is 18.5. The molecule has 2 rings (SSSR count). The molecule has 0 amide bonds. The largest absolute Gasteiger partial charge is 0.398 e. The van der Waals surface area contributed by atoms with Crippen molar-refractivity contribution in [2.45, 2.75) is 58.3 Å². The highest BCUT2D eigenvalue weighted by atomic mass is 14.6. The summed E-state index contributed by atoms with van der Waals surface area (Å²) in [6, 6.07) is 1.97. The van der Waals surface area contributed by atoms with Crippen LogP contribution in [0, 0.1) is 0 Å². The first-order valence-electron chi connectivity index (χ1n) is 6.67. The molecule has 0 saturated carbocycles. The van der Waals surface area contributed by atoms with Gasteiger partial charge in [0.1, 0.15) is 0 Å². The van der Waals surface area contributed by atoms with Gasteiger partial charge in [-0.2, -0.15) is 0 Å². The van der Waals surface area contributed by atoms with Crippen molar-refractivity contribution in [3.05, 3.63) is 22.8 Å². The van der Waals surface area contributed by atoms with Crippen molar-refractivity contribution in [2.24, 2.45) is 0 Å².